The van der Waals surface area contributed by atoms with E-state index in [1.54, 1.807) is 41.2 Å². The number of nitrogens with zero attached hydrogens (tertiary/aromatic N) is 3. The molecule has 1 aromatic heterocycles. The van der Waals surface area contributed by atoms with Gasteiger partial charge in [0.05, 0.1) is 17.4 Å². The Morgan fingerprint density at radius 3 is 2.78 bits per heavy atom. The fourth-order valence-electron chi connectivity index (χ4n) is 1.42. The Bertz CT molecular complexity index is 599. The maximum Gasteiger partial charge on any atom is 0.313 e. The van der Waals surface area contributed by atoms with Gasteiger partial charge in [-0.2, -0.15) is 5.26 Å². The molecular formula is C12H9N3O2S. The van der Waals surface area contributed by atoms with Crippen molar-refractivity contribution in [2.45, 2.75) is 5.16 Å². The summed E-state index contributed by atoms with van der Waals surface area (Å²) in [4.78, 5) is 14.6. The average molecular weight is 259 g/mol. The summed E-state index contributed by atoms with van der Waals surface area (Å²) in [5.74, 6) is -0.915. The summed E-state index contributed by atoms with van der Waals surface area (Å²) < 4.78 is 1.79. The Morgan fingerprint density at radius 1 is 1.44 bits per heavy atom. The number of nitriles is 1. The van der Waals surface area contributed by atoms with Crippen molar-refractivity contribution in [1.29, 1.82) is 5.26 Å². The normalized spacial score (nSPS) is 9.94. The first-order valence-electron chi connectivity index (χ1n) is 5.09. The molecule has 1 N–H and O–H groups in total. The number of aliphatic carboxylic acids is 1. The molecule has 0 aliphatic rings. The van der Waals surface area contributed by atoms with E-state index < -0.39 is 5.97 Å². The van der Waals surface area contributed by atoms with Crippen LogP contribution in [0.15, 0.2) is 41.8 Å². The number of benzene rings is 1. The molecule has 0 aliphatic heterocycles. The zero-order valence-corrected chi connectivity index (χ0v) is 10.1. The van der Waals surface area contributed by atoms with E-state index in [1.165, 1.54) is 0 Å². The van der Waals surface area contributed by atoms with Gasteiger partial charge in [0, 0.05) is 18.1 Å². The van der Waals surface area contributed by atoms with Crippen LogP contribution in [0.4, 0.5) is 0 Å². The highest BCUT2D eigenvalue weighted by Gasteiger charge is 2.07. The number of aromatic nitrogens is 2. The molecule has 18 heavy (non-hydrogen) atoms. The van der Waals surface area contributed by atoms with Crippen LogP contribution in [0.3, 0.4) is 0 Å². The molecule has 0 aliphatic carbocycles. The summed E-state index contributed by atoms with van der Waals surface area (Å²) in [7, 11) is 0. The number of imidazole rings is 1. The minimum Gasteiger partial charge on any atom is -0.481 e. The van der Waals surface area contributed by atoms with Crippen LogP contribution in [0.1, 0.15) is 5.56 Å². The summed E-state index contributed by atoms with van der Waals surface area (Å²) in [6, 6.07) is 9.06. The van der Waals surface area contributed by atoms with E-state index in [1.807, 2.05) is 6.07 Å². The van der Waals surface area contributed by atoms with Crippen LogP contribution >= 0.6 is 11.8 Å². The number of rotatable bonds is 4. The van der Waals surface area contributed by atoms with Crippen LogP contribution in [-0.4, -0.2) is 26.4 Å². The topological polar surface area (TPSA) is 78.9 Å². The predicted molar refractivity (Wildman–Crippen MR) is 66.6 cm³/mol. The molecule has 0 spiro atoms. The van der Waals surface area contributed by atoms with E-state index >= 15 is 0 Å². The molecule has 0 saturated heterocycles. The van der Waals surface area contributed by atoms with Crippen molar-refractivity contribution < 1.29 is 9.90 Å². The number of thioether (sulfide) groups is 1. The Morgan fingerprint density at radius 2 is 2.17 bits per heavy atom. The summed E-state index contributed by atoms with van der Waals surface area (Å²) in [6.07, 6.45) is 3.37. The lowest BCUT2D eigenvalue weighted by molar-refractivity contribution is -0.133. The van der Waals surface area contributed by atoms with Crippen molar-refractivity contribution in [2.24, 2.45) is 0 Å². The highest BCUT2D eigenvalue weighted by atomic mass is 32.2. The summed E-state index contributed by atoms with van der Waals surface area (Å²) >= 11 is 1.15. The van der Waals surface area contributed by atoms with Crippen molar-refractivity contribution in [3.63, 3.8) is 0 Å². The highest BCUT2D eigenvalue weighted by molar-refractivity contribution is 7.99. The first-order valence-corrected chi connectivity index (χ1v) is 6.08. The Hall–Kier alpha value is -2.26. The van der Waals surface area contributed by atoms with Gasteiger partial charge < -0.3 is 5.11 Å². The molecule has 6 heteroatoms. The summed E-state index contributed by atoms with van der Waals surface area (Å²) in [5.41, 5.74) is 1.43. The monoisotopic (exact) mass is 259 g/mol. The standard InChI is InChI=1S/C12H9N3O2S/c13-7-9-1-3-10(4-2-9)15-6-5-14-12(15)18-8-11(16)17/h1-6H,8H2,(H,16,17). The van der Waals surface area contributed by atoms with E-state index in [4.69, 9.17) is 10.4 Å². The minimum absolute atomic E-state index is 0.0344. The molecule has 2 rings (SSSR count). The Kier molecular flexibility index (Phi) is 3.65. The van der Waals surface area contributed by atoms with Crippen molar-refractivity contribution in [3.8, 4) is 11.8 Å². The molecule has 1 aromatic carbocycles. The van der Waals surface area contributed by atoms with Crippen molar-refractivity contribution in [1.82, 2.24) is 9.55 Å². The molecule has 0 fully saturated rings. The van der Waals surface area contributed by atoms with E-state index in [0.29, 0.717) is 10.7 Å². The molecule has 0 saturated carbocycles. The number of hydrogen-bond donors (Lipinski definition) is 1. The van der Waals surface area contributed by atoms with Gasteiger partial charge in [-0.1, -0.05) is 11.8 Å². The average Bonchev–Trinajstić information content (AvgIpc) is 2.85. The number of carbonyl (C=O) groups is 1. The quantitative estimate of drug-likeness (QED) is 0.848. The van der Waals surface area contributed by atoms with Gasteiger partial charge in [-0.05, 0) is 24.3 Å². The summed E-state index contributed by atoms with van der Waals surface area (Å²) in [5, 5.41) is 18.0. The van der Waals surface area contributed by atoms with Crippen molar-refractivity contribution in [2.75, 3.05) is 5.75 Å². The zero-order chi connectivity index (χ0) is 13.0. The van der Waals surface area contributed by atoms with Gasteiger partial charge in [0.25, 0.3) is 0 Å². The Labute approximate surface area is 108 Å². The van der Waals surface area contributed by atoms with Gasteiger partial charge >= 0.3 is 5.97 Å². The third kappa shape index (κ3) is 2.70. The van der Waals surface area contributed by atoms with Gasteiger partial charge in [-0.15, -0.1) is 0 Å². The smallest absolute Gasteiger partial charge is 0.313 e. The predicted octanol–water partition coefficient (Wildman–Crippen LogP) is 1.92. The molecule has 0 atom stereocenters. The molecule has 0 unspecified atom stereocenters. The largest absolute Gasteiger partial charge is 0.481 e. The minimum atomic E-state index is -0.880. The van der Waals surface area contributed by atoms with Crippen LogP contribution in [0.5, 0.6) is 0 Å². The molecule has 90 valence electrons. The third-order valence-corrected chi connectivity index (χ3v) is 3.16. The van der Waals surface area contributed by atoms with Crippen LogP contribution in [0.2, 0.25) is 0 Å². The van der Waals surface area contributed by atoms with Crippen LogP contribution in [0, 0.1) is 11.3 Å². The first-order chi connectivity index (χ1) is 8.70. The number of carboxylic acids is 1. The van der Waals surface area contributed by atoms with E-state index in [0.717, 1.165) is 17.4 Å². The molecule has 0 amide bonds. The maximum absolute atomic E-state index is 10.5. The van der Waals surface area contributed by atoms with Gasteiger partial charge in [-0.25, -0.2) is 4.98 Å². The fraction of sp³-hybridized carbons (Fsp3) is 0.0833. The molecule has 5 nitrogen and oxygen atoms in total. The second-order valence-electron chi connectivity index (χ2n) is 3.42. The first kappa shape index (κ1) is 12.2. The van der Waals surface area contributed by atoms with Gasteiger partial charge in [0.15, 0.2) is 5.16 Å². The highest BCUT2D eigenvalue weighted by Crippen LogP contribution is 2.20. The lowest BCUT2D eigenvalue weighted by Crippen LogP contribution is -2.01. The molecular weight excluding hydrogens is 250 g/mol. The molecule has 2 aromatic rings. The lowest BCUT2D eigenvalue weighted by atomic mass is 10.2. The molecule has 0 bridgehead atoms. The van der Waals surface area contributed by atoms with Gasteiger partial charge in [-0.3, -0.25) is 9.36 Å². The molecule has 0 radical (unpaired) electrons. The zero-order valence-electron chi connectivity index (χ0n) is 9.28. The maximum atomic E-state index is 10.5. The second kappa shape index (κ2) is 5.38. The van der Waals surface area contributed by atoms with E-state index in [9.17, 15) is 4.79 Å². The second-order valence-corrected chi connectivity index (χ2v) is 4.36. The SMILES string of the molecule is N#Cc1ccc(-n2ccnc2SCC(=O)O)cc1. The Balaban J connectivity index is 2.25. The van der Waals surface area contributed by atoms with Crippen molar-refractivity contribution >= 4 is 17.7 Å². The van der Waals surface area contributed by atoms with Crippen molar-refractivity contribution in [3.05, 3.63) is 42.2 Å². The van der Waals surface area contributed by atoms with Gasteiger partial charge in [0.2, 0.25) is 0 Å². The lowest BCUT2D eigenvalue weighted by Gasteiger charge is -2.06. The fourth-order valence-corrected chi connectivity index (χ4v) is 2.11. The molecule has 1 heterocycles. The van der Waals surface area contributed by atoms with Gasteiger partial charge in [0.1, 0.15) is 0 Å². The number of hydrogen-bond acceptors (Lipinski definition) is 4. The number of carboxylic acid groups (broad SMARTS) is 1. The van der Waals surface area contributed by atoms with E-state index in [-0.39, 0.29) is 5.75 Å². The third-order valence-electron chi connectivity index (χ3n) is 2.21. The van der Waals surface area contributed by atoms with Crippen LogP contribution in [0.25, 0.3) is 5.69 Å². The van der Waals surface area contributed by atoms with E-state index in [2.05, 4.69) is 4.98 Å². The van der Waals surface area contributed by atoms with Crippen LogP contribution in [-0.2, 0) is 4.79 Å². The summed E-state index contributed by atoms with van der Waals surface area (Å²) in [6.45, 7) is 0. The van der Waals surface area contributed by atoms with Crippen LogP contribution < -0.4 is 0 Å².